The van der Waals surface area contributed by atoms with Crippen molar-refractivity contribution in [1.29, 1.82) is 0 Å². The summed E-state index contributed by atoms with van der Waals surface area (Å²) in [7, 11) is 0. The van der Waals surface area contributed by atoms with Crippen LogP contribution in [0.1, 0.15) is 26.7 Å². The molecule has 3 atom stereocenters. The molecule has 1 saturated heterocycles. The molecular weight excluding hydrogens is 142 g/mol. The van der Waals surface area contributed by atoms with Crippen LogP contribution in [-0.4, -0.2) is 25.0 Å². The van der Waals surface area contributed by atoms with Crippen LogP contribution in [0.5, 0.6) is 0 Å². The van der Waals surface area contributed by atoms with E-state index in [0.29, 0.717) is 6.61 Å². The van der Waals surface area contributed by atoms with Crippen molar-refractivity contribution in [3.63, 3.8) is 0 Å². The third-order valence-corrected chi connectivity index (χ3v) is 2.06. The van der Waals surface area contributed by atoms with Crippen molar-refractivity contribution in [3.8, 4) is 0 Å². The van der Waals surface area contributed by atoms with Gasteiger partial charge in [0.15, 0.2) is 6.29 Å². The van der Waals surface area contributed by atoms with Crippen molar-refractivity contribution >= 4 is 0 Å². The van der Waals surface area contributed by atoms with E-state index in [1.54, 1.807) is 0 Å². The van der Waals surface area contributed by atoms with Gasteiger partial charge in [-0.25, -0.2) is 0 Å². The van der Waals surface area contributed by atoms with Gasteiger partial charge in [0.2, 0.25) is 0 Å². The Balaban J connectivity index is 2.28. The number of ether oxygens (including phenoxy) is 2. The van der Waals surface area contributed by atoms with Crippen LogP contribution in [0.25, 0.3) is 0 Å². The second-order valence-electron chi connectivity index (χ2n) is 2.97. The first kappa shape index (κ1) is 8.97. The second kappa shape index (κ2) is 4.04. The first-order valence-corrected chi connectivity index (χ1v) is 4.26. The molecular formula is C8H17NO2. The monoisotopic (exact) mass is 159 g/mol. The number of hydrogen-bond acceptors (Lipinski definition) is 3. The molecule has 1 heterocycles. The van der Waals surface area contributed by atoms with Gasteiger partial charge in [-0.15, -0.1) is 0 Å². The molecule has 1 aliphatic heterocycles. The molecule has 1 aliphatic rings. The highest BCUT2D eigenvalue weighted by atomic mass is 16.7. The van der Waals surface area contributed by atoms with Crippen LogP contribution < -0.4 is 5.73 Å². The highest BCUT2D eigenvalue weighted by Gasteiger charge is 2.25. The Morgan fingerprint density at radius 1 is 1.55 bits per heavy atom. The number of nitrogens with two attached hydrogens (primary N) is 1. The topological polar surface area (TPSA) is 44.5 Å². The Morgan fingerprint density at radius 2 is 2.27 bits per heavy atom. The summed E-state index contributed by atoms with van der Waals surface area (Å²) >= 11 is 0. The SMILES string of the molecule is CCOC1CCC(N)C(C)O1. The minimum absolute atomic E-state index is 0.0187. The Kier molecular flexibility index (Phi) is 3.30. The minimum Gasteiger partial charge on any atom is -0.353 e. The summed E-state index contributed by atoms with van der Waals surface area (Å²) in [6, 6.07) is 0.187. The zero-order chi connectivity index (χ0) is 8.27. The highest BCUT2D eigenvalue weighted by Crippen LogP contribution is 2.18. The summed E-state index contributed by atoms with van der Waals surface area (Å²) < 4.78 is 10.8. The molecule has 0 aromatic rings. The fourth-order valence-corrected chi connectivity index (χ4v) is 1.28. The van der Waals surface area contributed by atoms with E-state index in [0.717, 1.165) is 12.8 Å². The first-order chi connectivity index (χ1) is 5.24. The summed E-state index contributed by atoms with van der Waals surface area (Å²) in [6.07, 6.45) is 2.06. The van der Waals surface area contributed by atoms with E-state index in [-0.39, 0.29) is 18.4 Å². The van der Waals surface area contributed by atoms with Crippen molar-refractivity contribution in [1.82, 2.24) is 0 Å². The molecule has 11 heavy (non-hydrogen) atoms. The standard InChI is InChI=1S/C8H17NO2/c1-3-10-8-5-4-7(9)6(2)11-8/h6-8H,3-5,9H2,1-2H3. The quantitative estimate of drug-likeness (QED) is 0.650. The molecule has 0 radical (unpaired) electrons. The lowest BCUT2D eigenvalue weighted by Crippen LogP contribution is -2.43. The van der Waals surface area contributed by atoms with Crippen molar-refractivity contribution in [2.75, 3.05) is 6.61 Å². The Morgan fingerprint density at radius 3 is 2.82 bits per heavy atom. The van der Waals surface area contributed by atoms with Gasteiger partial charge in [-0.2, -0.15) is 0 Å². The summed E-state index contributed by atoms with van der Waals surface area (Å²) in [5.41, 5.74) is 5.76. The van der Waals surface area contributed by atoms with E-state index in [9.17, 15) is 0 Å². The van der Waals surface area contributed by atoms with E-state index in [4.69, 9.17) is 15.2 Å². The fourth-order valence-electron chi connectivity index (χ4n) is 1.28. The molecule has 0 saturated carbocycles. The molecule has 0 amide bonds. The molecule has 0 spiro atoms. The number of rotatable bonds is 2. The molecule has 2 N–H and O–H groups in total. The lowest BCUT2D eigenvalue weighted by atomic mass is 10.0. The maximum atomic E-state index is 5.76. The molecule has 3 nitrogen and oxygen atoms in total. The van der Waals surface area contributed by atoms with Gasteiger partial charge in [0.1, 0.15) is 0 Å². The first-order valence-electron chi connectivity index (χ1n) is 4.26. The van der Waals surface area contributed by atoms with Gasteiger partial charge in [-0.3, -0.25) is 0 Å². The lowest BCUT2D eigenvalue weighted by Gasteiger charge is -2.31. The van der Waals surface area contributed by atoms with Gasteiger partial charge >= 0.3 is 0 Å². The van der Waals surface area contributed by atoms with Crippen molar-refractivity contribution in [3.05, 3.63) is 0 Å². The molecule has 0 bridgehead atoms. The smallest absolute Gasteiger partial charge is 0.158 e. The molecule has 0 aliphatic carbocycles. The fraction of sp³-hybridized carbons (Fsp3) is 1.00. The predicted octanol–water partition coefficient (Wildman–Crippen LogP) is 0.875. The summed E-state index contributed by atoms with van der Waals surface area (Å²) in [4.78, 5) is 0. The lowest BCUT2D eigenvalue weighted by molar-refractivity contribution is -0.191. The van der Waals surface area contributed by atoms with Gasteiger partial charge in [0.05, 0.1) is 6.10 Å². The Bertz CT molecular complexity index is 119. The van der Waals surface area contributed by atoms with Crippen LogP contribution in [0.2, 0.25) is 0 Å². The Hall–Kier alpha value is -0.120. The average Bonchev–Trinajstić information content (AvgIpc) is 1.98. The van der Waals surface area contributed by atoms with Crippen molar-refractivity contribution < 1.29 is 9.47 Å². The maximum absolute atomic E-state index is 5.76. The molecule has 1 fully saturated rings. The van der Waals surface area contributed by atoms with Crippen molar-refractivity contribution in [2.24, 2.45) is 5.73 Å². The molecule has 1 rings (SSSR count). The highest BCUT2D eigenvalue weighted by molar-refractivity contribution is 4.75. The van der Waals surface area contributed by atoms with Crippen LogP contribution in [0, 0.1) is 0 Å². The van der Waals surface area contributed by atoms with E-state index in [1.807, 2.05) is 13.8 Å². The predicted molar refractivity (Wildman–Crippen MR) is 43.2 cm³/mol. The maximum Gasteiger partial charge on any atom is 0.158 e. The van der Waals surface area contributed by atoms with Gasteiger partial charge in [0, 0.05) is 12.6 Å². The van der Waals surface area contributed by atoms with Crippen LogP contribution in [0.15, 0.2) is 0 Å². The summed E-state index contributed by atoms with van der Waals surface area (Å²) in [5.74, 6) is 0. The Labute approximate surface area is 67.9 Å². The number of hydrogen-bond donors (Lipinski definition) is 1. The third kappa shape index (κ3) is 2.43. The van der Waals surface area contributed by atoms with Gasteiger partial charge in [-0.05, 0) is 26.7 Å². The molecule has 3 unspecified atom stereocenters. The van der Waals surface area contributed by atoms with E-state index >= 15 is 0 Å². The van der Waals surface area contributed by atoms with E-state index in [2.05, 4.69) is 0 Å². The summed E-state index contributed by atoms with van der Waals surface area (Å²) in [6.45, 7) is 4.69. The summed E-state index contributed by atoms with van der Waals surface area (Å²) in [5, 5.41) is 0. The van der Waals surface area contributed by atoms with E-state index in [1.165, 1.54) is 0 Å². The average molecular weight is 159 g/mol. The van der Waals surface area contributed by atoms with Crippen LogP contribution in [-0.2, 0) is 9.47 Å². The third-order valence-electron chi connectivity index (χ3n) is 2.06. The zero-order valence-electron chi connectivity index (χ0n) is 7.25. The zero-order valence-corrected chi connectivity index (χ0v) is 7.25. The molecule has 3 heteroatoms. The van der Waals surface area contributed by atoms with Gasteiger partial charge in [-0.1, -0.05) is 0 Å². The largest absolute Gasteiger partial charge is 0.353 e. The van der Waals surface area contributed by atoms with Crippen LogP contribution >= 0.6 is 0 Å². The van der Waals surface area contributed by atoms with Crippen LogP contribution in [0.4, 0.5) is 0 Å². The van der Waals surface area contributed by atoms with Gasteiger partial charge in [0.25, 0.3) is 0 Å². The molecule has 0 aromatic carbocycles. The van der Waals surface area contributed by atoms with E-state index < -0.39 is 0 Å². The van der Waals surface area contributed by atoms with Crippen LogP contribution in [0.3, 0.4) is 0 Å². The minimum atomic E-state index is -0.0187. The second-order valence-corrected chi connectivity index (χ2v) is 2.97. The normalized spacial score (nSPS) is 39.0. The molecule has 66 valence electrons. The molecule has 0 aromatic heterocycles. The van der Waals surface area contributed by atoms with Crippen molar-refractivity contribution in [2.45, 2.75) is 45.1 Å². The van der Waals surface area contributed by atoms with Gasteiger partial charge < -0.3 is 15.2 Å².